The molecule has 0 bridgehead atoms. The third kappa shape index (κ3) is 5.30. The number of fused-ring (bicyclic) bond motifs is 4. The molecular formula is C39H39N5O10. The number of ketones is 2. The van der Waals surface area contributed by atoms with Crippen LogP contribution in [0.5, 0.6) is 5.75 Å². The van der Waals surface area contributed by atoms with E-state index in [2.05, 4.69) is 10.6 Å². The standard InChI is InChI=1S/C39H39N5O10/c1-16-21-12-13-22(42-38(52)41-19-9-6-17(7-10-19)23-14-18-8-11-20(43(2)3)15-24(18)54-23)31(45)26(21)32(46)27-25(16)33(47)29-30(44(4)5)34(48)28(37(40)51)36(50)39(29,53)35(27)49/h6-16,25,29-30,33,45-47,50,53H,1-5H3,(H2,40,51)(H2,41,42,52)/t16-,25-,29-,30+,33+,39+/m1/s1. The van der Waals surface area contributed by atoms with Crippen molar-refractivity contribution >= 4 is 57.3 Å². The molecule has 0 aliphatic heterocycles. The summed E-state index contributed by atoms with van der Waals surface area (Å²) in [5.74, 6) is -9.47. The summed E-state index contributed by atoms with van der Waals surface area (Å²) in [6, 6.07) is 15.4. The Morgan fingerprint density at radius 3 is 2.24 bits per heavy atom. The van der Waals surface area contributed by atoms with Gasteiger partial charge in [0.15, 0.2) is 11.4 Å². The molecule has 1 aromatic heterocycles. The lowest BCUT2D eigenvalue weighted by Crippen LogP contribution is -2.70. The van der Waals surface area contributed by atoms with E-state index in [4.69, 9.17) is 10.2 Å². The zero-order chi connectivity index (χ0) is 39.1. The molecule has 1 fully saturated rings. The van der Waals surface area contributed by atoms with Crippen molar-refractivity contribution in [1.82, 2.24) is 4.90 Å². The number of anilines is 3. The number of likely N-dealkylation sites (N-methyl/N-ethyl adjacent to an activating group) is 1. The van der Waals surface area contributed by atoms with Crippen molar-refractivity contribution in [1.29, 1.82) is 0 Å². The van der Waals surface area contributed by atoms with E-state index in [1.807, 2.05) is 43.3 Å². The largest absolute Gasteiger partial charge is 0.508 e. The highest BCUT2D eigenvalue weighted by molar-refractivity contribution is 6.24. The molecular weight excluding hydrogens is 698 g/mol. The lowest BCUT2D eigenvalue weighted by Gasteiger charge is -2.53. The molecule has 0 saturated heterocycles. The van der Waals surface area contributed by atoms with Gasteiger partial charge in [-0.2, -0.15) is 0 Å². The van der Waals surface area contributed by atoms with Gasteiger partial charge in [0.05, 0.1) is 29.3 Å². The molecule has 7 rings (SSSR count). The SMILES string of the molecule is C[C@@H]1c2ccc(NC(=O)Nc3ccc(-c4cc5ccc(N(C)C)cc5o4)cc3)c(O)c2C(O)=C2C(=O)[C@]3(O)C(O)=C(C(N)=O)C(=O)[C@@H](N(C)C)[C@@H]3[C@@H](O)[C@@H]21. The van der Waals surface area contributed by atoms with Gasteiger partial charge in [-0.3, -0.25) is 19.3 Å². The number of nitrogens with one attached hydrogen (secondary N) is 2. The van der Waals surface area contributed by atoms with Crippen LogP contribution < -0.4 is 21.3 Å². The average molecular weight is 738 g/mol. The fraction of sp³-hybridized carbons (Fsp3) is 0.282. The van der Waals surface area contributed by atoms with Gasteiger partial charge in [0, 0.05) is 54.0 Å². The number of Topliss-reactive ketones (excluding diaryl/α,β-unsaturated/α-hetero) is 2. The van der Waals surface area contributed by atoms with Crippen LogP contribution in [0.25, 0.3) is 28.1 Å². The molecule has 3 aliphatic carbocycles. The summed E-state index contributed by atoms with van der Waals surface area (Å²) in [5.41, 5.74) is 3.61. The van der Waals surface area contributed by atoms with Gasteiger partial charge in [-0.05, 0) is 74.1 Å². The number of aliphatic hydroxyl groups is 4. The van der Waals surface area contributed by atoms with Gasteiger partial charge >= 0.3 is 6.03 Å². The van der Waals surface area contributed by atoms with E-state index in [0.29, 0.717) is 17.0 Å². The summed E-state index contributed by atoms with van der Waals surface area (Å²) in [7, 11) is 6.76. The van der Waals surface area contributed by atoms with Crippen LogP contribution in [-0.2, 0) is 14.4 Å². The number of primary amides is 1. The number of aliphatic hydroxyl groups excluding tert-OH is 3. The first kappa shape index (κ1) is 36.2. The summed E-state index contributed by atoms with van der Waals surface area (Å²) >= 11 is 0. The average Bonchev–Trinajstić information content (AvgIpc) is 3.54. The van der Waals surface area contributed by atoms with Crippen LogP contribution in [0.15, 0.2) is 82.0 Å². The predicted octanol–water partition coefficient (Wildman–Crippen LogP) is 3.62. The Kier molecular flexibility index (Phi) is 8.55. The van der Waals surface area contributed by atoms with Gasteiger partial charge < -0.3 is 51.2 Å². The highest BCUT2D eigenvalue weighted by Crippen LogP contribution is 2.56. The molecule has 0 unspecified atom stereocenters. The zero-order valence-electron chi connectivity index (χ0n) is 29.9. The lowest BCUT2D eigenvalue weighted by atomic mass is 9.54. The summed E-state index contributed by atoms with van der Waals surface area (Å²) in [6.45, 7) is 1.62. The molecule has 3 aliphatic rings. The number of phenolic OH excluding ortho intramolecular Hbond substituents is 1. The fourth-order valence-corrected chi connectivity index (χ4v) is 8.16. The van der Waals surface area contributed by atoms with Gasteiger partial charge in [-0.25, -0.2) is 4.79 Å². The number of carbonyl (C=O) groups is 4. The smallest absolute Gasteiger partial charge is 0.323 e. The molecule has 4 aromatic rings. The number of carbonyl (C=O) groups excluding carboxylic acids is 4. The minimum absolute atomic E-state index is 0.143. The molecule has 1 saturated carbocycles. The van der Waals surface area contributed by atoms with Crippen molar-refractivity contribution in [3.63, 3.8) is 0 Å². The molecule has 3 aromatic carbocycles. The van der Waals surface area contributed by atoms with Crippen LogP contribution in [0.3, 0.4) is 0 Å². The van der Waals surface area contributed by atoms with Crippen molar-refractivity contribution in [2.24, 2.45) is 17.6 Å². The minimum atomic E-state index is -3.04. The number of urea groups is 1. The van der Waals surface area contributed by atoms with Crippen LogP contribution in [0.4, 0.5) is 21.9 Å². The first-order valence-electron chi connectivity index (χ1n) is 17.0. The lowest BCUT2D eigenvalue weighted by molar-refractivity contribution is -0.169. The highest BCUT2D eigenvalue weighted by atomic mass is 16.4. The van der Waals surface area contributed by atoms with Crippen molar-refractivity contribution < 1.29 is 49.1 Å². The van der Waals surface area contributed by atoms with E-state index in [-0.39, 0.29) is 11.3 Å². The Morgan fingerprint density at radius 1 is 0.926 bits per heavy atom. The molecule has 15 heteroatoms. The summed E-state index contributed by atoms with van der Waals surface area (Å²) in [4.78, 5) is 56.2. The second-order valence-electron chi connectivity index (χ2n) is 14.4. The highest BCUT2D eigenvalue weighted by Gasteiger charge is 2.68. The minimum Gasteiger partial charge on any atom is -0.508 e. The summed E-state index contributed by atoms with van der Waals surface area (Å²) < 4.78 is 6.06. The van der Waals surface area contributed by atoms with E-state index < -0.39 is 87.4 Å². The van der Waals surface area contributed by atoms with E-state index in [1.165, 1.54) is 31.1 Å². The van der Waals surface area contributed by atoms with Crippen molar-refractivity contribution in [3.8, 4) is 17.1 Å². The topological polar surface area (TPSA) is 239 Å². The Labute approximate surface area is 308 Å². The molecule has 9 N–H and O–H groups in total. The van der Waals surface area contributed by atoms with Crippen molar-refractivity contribution in [2.75, 3.05) is 43.7 Å². The molecule has 0 radical (unpaired) electrons. The molecule has 280 valence electrons. The number of phenols is 1. The van der Waals surface area contributed by atoms with Crippen LogP contribution in [0.1, 0.15) is 24.0 Å². The number of hydrogen-bond donors (Lipinski definition) is 8. The number of furan rings is 1. The number of amides is 3. The molecule has 6 atom stereocenters. The van der Waals surface area contributed by atoms with Gasteiger partial charge in [0.2, 0.25) is 5.78 Å². The normalized spacial score (nSPS) is 25.0. The van der Waals surface area contributed by atoms with Gasteiger partial charge in [0.1, 0.15) is 34.2 Å². The summed E-state index contributed by atoms with van der Waals surface area (Å²) in [6.07, 6.45) is -1.72. The van der Waals surface area contributed by atoms with Crippen LogP contribution in [0, 0.1) is 11.8 Å². The third-order valence-electron chi connectivity index (χ3n) is 10.8. The fourth-order valence-electron chi connectivity index (χ4n) is 8.16. The monoisotopic (exact) mass is 737 g/mol. The number of hydrogen-bond acceptors (Lipinski definition) is 12. The molecule has 1 heterocycles. The Hall–Kier alpha value is -6.16. The van der Waals surface area contributed by atoms with Crippen LogP contribution in [-0.4, -0.2) is 99.9 Å². The van der Waals surface area contributed by atoms with E-state index >= 15 is 0 Å². The molecule has 54 heavy (non-hydrogen) atoms. The number of aromatic hydroxyl groups is 1. The maximum atomic E-state index is 14.2. The number of nitrogens with two attached hydrogens (primary N) is 1. The Balaban J connectivity index is 1.17. The van der Waals surface area contributed by atoms with Crippen LogP contribution >= 0.6 is 0 Å². The second-order valence-corrected chi connectivity index (χ2v) is 14.4. The number of benzene rings is 3. The third-order valence-corrected chi connectivity index (χ3v) is 10.8. The summed E-state index contributed by atoms with van der Waals surface area (Å²) in [5, 5.41) is 63.9. The van der Waals surface area contributed by atoms with Crippen molar-refractivity contribution in [3.05, 3.63) is 88.7 Å². The first-order chi connectivity index (χ1) is 25.5. The van der Waals surface area contributed by atoms with E-state index in [1.54, 1.807) is 31.2 Å². The van der Waals surface area contributed by atoms with Crippen molar-refractivity contribution in [2.45, 2.75) is 30.6 Å². The number of nitrogens with zero attached hydrogens (tertiary/aromatic N) is 2. The quantitative estimate of drug-likeness (QED) is 0.105. The second kappa shape index (κ2) is 12.8. The Bertz CT molecular complexity index is 2340. The maximum Gasteiger partial charge on any atom is 0.323 e. The first-order valence-corrected chi connectivity index (χ1v) is 17.0. The Morgan fingerprint density at radius 2 is 1.61 bits per heavy atom. The number of rotatable bonds is 6. The van der Waals surface area contributed by atoms with E-state index in [9.17, 15) is 44.7 Å². The molecule has 3 amide bonds. The molecule has 15 nitrogen and oxygen atoms in total. The predicted molar refractivity (Wildman–Crippen MR) is 199 cm³/mol. The van der Waals surface area contributed by atoms with Gasteiger partial charge in [0.25, 0.3) is 5.91 Å². The maximum absolute atomic E-state index is 14.2. The van der Waals surface area contributed by atoms with Gasteiger partial charge in [-0.15, -0.1) is 0 Å². The zero-order valence-corrected chi connectivity index (χ0v) is 29.9. The molecule has 0 spiro atoms. The van der Waals surface area contributed by atoms with Gasteiger partial charge in [-0.1, -0.05) is 13.0 Å². The van der Waals surface area contributed by atoms with Crippen LogP contribution in [0.2, 0.25) is 0 Å². The van der Waals surface area contributed by atoms with E-state index in [0.717, 1.165) is 22.2 Å².